The highest BCUT2D eigenvalue weighted by Gasteiger charge is 2.19. The van der Waals surface area contributed by atoms with E-state index < -0.39 is 10.0 Å². The molecule has 0 aliphatic carbocycles. The average molecular weight is 417 g/mol. The Morgan fingerprint density at radius 3 is 2.39 bits per heavy atom. The van der Waals surface area contributed by atoms with Gasteiger partial charge in [-0.2, -0.15) is 0 Å². The largest absolute Gasteiger partial charge is 0.378 e. The zero-order valence-electron chi connectivity index (χ0n) is 16.4. The van der Waals surface area contributed by atoms with Crippen LogP contribution in [-0.4, -0.2) is 45.9 Å². The lowest BCUT2D eigenvalue weighted by Crippen LogP contribution is -2.22. The minimum absolute atomic E-state index is 0.264. The Kier molecular flexibility index (Phi) is 6.02. The Morgan fingerprint density at radius 2 is 1.75 bits per heavy atom. The van der Waals surface area contributed by atoms with Crippen LogP contribution in [0.15, 0.2) is 59.6 Å². The van der Waals surface area contributed by atoms with E-state index in [-0.39, 0.29) is 4.90 Å². The van der Waals surface area contributed by atoms with E-state index in [2.05, 4.69) is 10.3 Å². The number of thiazole rings is 1. The molecule has 6 nitrogen and oxygen atoms in total. The maximum absolute atomic E-state index is 12.5. The summed E-state index contributed by atoms with van der Waals surface area (Å²) in [5.41, 5.74) is 2.78. The highest BCUT2D eigenvalue weighted by molar-refractivity contribution is 7.89. The van der Waals surface area contributed by atoms with Crippen LogP contribution >= 0.6 is 11.3 Å². The fourth-order valence-corrected chi connectivity index (χ4v) is 4.49. The van der Waals surface area contributed by atoms with Gasteiger partial charge in [0, 0.05) is 44.8 Å². The standard InChI is InChI=1S/C20H24N4O2S2/c1-23(2)19-11-10-17(28(25,26)24(3)4)12-18(19)21-13-16-14-22-20(27-16)15-8-6-5-7-9-15/h5-12,14,21H,13H2,1-4H3. The normalized spacial score (nSPS) is 11.6. The summed E-state index contributed by atoms with van der Waals surface area (Å²) < 4.78 is 26.2. The molecule has 0 atom stereocenters. The molecule has 0 saturated heterocycles. The number of aromatic nitrogens is 1. The highest BCUT2D eigenvalue weighted by Crippen LogP contribution is 2.30. The minimum atomic E-state index is -3.49. The van der Waals surface area contributed by atoms with Crippen molar-refractivity contribution in [2.45, 2.75) is 11.4 Å². The molecule has 0 saturated carbocycles. The predicted molar refractivity (Wildman–Crippen MR) is 117 cm³/mol. The minimum Gasteiger partial charge on any atom is -0.378 e. The fourth-order valence-electron chi connectivity index (χ4n) is 2.70. The first-order valence-corrected chi connectivity index (χ1v) is 11.0. The number of nitrogens with zero attached hydrogens (tertiary/aromatic N) is 3. The Labute approximate surface area is 170 Å². The molecule has 0 fully saturated rings. The van der Waals surface area contributed by atoms with Crippen molar-refractivity contribution in [1.29, 1.82) is 0 Å². The van der Waals surface area contributed by atoms with Crippen LogP contribution in [0.1, 0.15) is 4.88 Å². The van der Waals surface area contributed by atoms with Crippen LogP contribution in [0.25, 0.3) is 10.6 Å². The molecule has 0 aliphatic rings. The number of anilines is 2. The van der Waals surface area contributed by atoms with E-state index in [0.717, 1.165) is 26.8 Å². The van der Waals surface area contributed by atoms with Crippen LogP contribution in [0.2, 0.25) is 0 Å². The van der Waals surface area contributed by atoms with Gasteiger partial charge in [0.15, 0.2) is 0 Å². The number of benzene rings is 2. The van der Waals surface area contributed by atoms with E-state index in [1.165, 1.54) is 18.4 Å². The van der Waals surface area contributed by atoms with Crippen LogP contribution in [0.4, 0.5) is 11.4 Å². The van der Waals surface area contributed by atoms with Gasteiger partial charge in [-0.25, -0.2) is 17.7 Å². The van der Waals surface area contributed by atoms with Crippen molar-refractivity contribution in [3.05, 3.63) is 59.6 Å². The molecule has 2 aromatic carbocycles. The smallest absolute Gasteiger partial charge is 0.242 e. The second-order valence-corrected chi connectivity index (χ2v) is 9.98. The summed E-state index contributed by atoms with van der Waals surface area (Å²) >= 11 is 1.62. The van der Waals surface area contributed by atoms with Crippen molar-refractivity contribution in [3.63, 3.8) is 0 Å². The van der Waals surface area contributed by atoms with Gasteiger partial charge >= 0.3 is 0 Å². The molecule has 3 aromatic rings. The summed E-state index contributed by atoms with van der Waals surface area (Å²) in [6, 6.07) is 15.2. The van der Waals surface area contributed by atoms with Crippen molar-refractivity contribution in [3.8, 4) is 10.6 Å². The molecule has 1 aromatic heterocycles. The molecule has 148 valence electrons. The van der Waals surface area contributed by atoms with Crippen LogP contribution in [-0.2, 0) is 16.6 Å². The van der Waals surface area contributed by atoms with Gasteiger partial charge < -0.3 is 10.2 Å². The predicted octanol–water partition coefficient (Wildman–Crippen LogP) is 3.74. The maximum Gasteiger partial charge on any atom is 0.242 e. The van der Waals surface area contributed by atoms with Crippen molar-refractivity contribution in [2.24, 2.45) is 0 Å². The molecular formula is C20H24N4O2S2. The monoisotopic (exact) mass is 416 g/mol. The Bertz CT molecular complexity index is 1050. The lowest BCUT2D eigenvalue weighted by Gasteiger charge is -2.20. The summed E-state index contributed by atoms with van der Waals surface area (Å²) in [7, 11) is 3.44. The SMILES string of the molecule is CN(C)c1ccc(S(=O)(=O)N(C)C)cc1NCc1cnc(-c2ccccc2)s1. The fraction of sp³-hybridized carbons (Fsp3) is 0.250. The summed E-state index contributed by atoms with van der Waals surface area (Å²) in [5.74, 6) is 0. The summed E-state index contributed by atoms with van der Waals surface area (Å²) in [6.07, 6.45) is 1.86. The molecule has 8 heteroatoms. The Balaban J connectivity index is 1.84. The summed E-state index contributed by atoms with van der Waals surface area (Å²) in [5, 5.41) is 4.34. The van der Waals surface area contributed by atoms with Gasteiger partial charge in [-0.3, -0.25) is 0 Å². The Morgan fingerprint density at radius 1 is 1.04 bits per heavy atom. The zero-order valence-corrected chi connectivity index (χ0v) is 18.0. The summed E-state index contributed by atoms with van der Waals surface area (Å²) in [4.78, 5) is 7.79. The molecule has 0 aliphatic heterocycles. The van der Waals surface area contributed by atoms with Gasteiger partial charge in [0.2, 0.25) is 10.0 Å². The molecule has 1 N–H and O–H groups in total. The van der Waals surface area contributed by atoms with Gasteiger partial charge in [0.05, 0.1) is 22.8 Å². The molecule has 0 unspecified atom stereocenters. The highest BCUT2D eigenvalue weighted by atomic mass is 32.2. The molecule has 0 amide bonds. The van der Waals surface area contributed by atoms with Crippen molar-refractivity contribution in [2.75, 3.05) is 38.4 Å². The molecule has 3 rings (SSSR count). The first-order chi connectivity index (χ1) is 13.3. The van der Waals surface area contributed by atoms with Crippen molar-refractivity contribution in [1.82, 2.24) is 9.29 Å². The molecule has 0 bridgehead atoms. The number of nitrogens with one attached hydrogen (secondary N) is 1. The van der Waals surface area contributed by atoms with E-state index in [0.29, 0.717) is 6.54 Å². The molecule has 28 heavy (non-hydrogen) atoms. The Hall–Kier alpha value is -2.42. The van der Waals surface area contributed by atoms with E-state index in [4.69, 9.17) is 0 Å². The second-order valence-electron chi connectivity index (χ2n) is 6.71. The third kappa shape index (κ3) is 4.35. The molecule has 0 radical (unpaired) electrons. The van der Waals surface area contributed by atoms with Gasteiger partial charge in [0.25, 0.3) is 0 Å². The van der Waals surface area contributed by atoms with E-state index in [1.54, 1.807) is 23.5 Å². The number of rotatable bonds is 7. The third-order valence-corrected chi connectivity index (χ3v) is 7.11. The van der Waals surface area contributed by atoms with Crippen molar-refractivity contribution < 1.29 is 8.42 Å². The molecule has 0 spiro atoms. The average Bonchev–Trinajstić information content (AvgIpc) is 3.15. The van der Waals surface area contributed by atoms with Crippen LogP contribution < -0.4 is 10.2 Å². The maximum atomic E-state index is 12.5. The topological polar surface area (TPSA) is 65.5 Å². The number of hydrogen-bond donors (Lipinski definition) is 1. The summed E-state index contributed by atoms with van der Waals surface area (Å²) in [6.45, 7) is 0.566. The lowest BCUT2D eigenvalue weighted by atomic mass is 10.2. The van der Waals surface area contributed by atoms with E-state index >= 15 is 0 Å². The number of sulfonamides is 1. The first-order valence-electron chi connectivity index (χ1n) is 8.77. The van der Waals surface area contributed by atoms with Gasteiger partial charge in [-0.15, -0.1) is 11.3 Å². The number of hydrogen-bond acceptors (Lipinski definition) is 6. The quantitative estimate of drug-likeness (QED) is 0.636. The third-order valence-electron chi connectivity index (χ3n) is 4.26. The van der Waals surface area contributed by atoms with Crippen LogP contribution in [0.3, 0.4) is 0 Å². The van der Waals surface area contributed by atoms with Crippen LogP contribution in [0, 0.1) is 0 Å². The van der Waals surface area contributed by atoms with Crippen LogP contribution in [0.5, 0.6) is 0 Å². The van der Waals surface area contributed by atoms with E-state index in [9.17, 15) is 8.42 Å². The zero-order chi connectivity index (χ0) is 20.3. The second kappa shape index (κ2) is 8.30. The first kappa shape index (κ1) is 20.3. The lowest BCUT2D eigenvalue weighted by molar-refractivity contribution is 0.521. The van der Waals surface area contributed by atoms with Gasteiger partial charge in [-0.05, 0) is 18.2 Å². The van der Waals surface area contributed by atoms with Gasteiger partial charge in [-0.1, -0.05) is 30.3 Å². The van der Waals surface area contributed by atoms with Gasteiger partial charge in [0.1, 0.15) is 5.01 Å². The molecular weight excluding hydrogens is 392 g/mol. The van der Waals surface area contributed by atoms with Crippen molar-refractivity contribution >= 4 is 32.7 Å². The molecule has 1 heterocycles. The van der Waals surface area contributed by atoms with E-state index in [1.807, 2.05) is 61.6 Å².